The van der Waals surface area contributed by atoms with Gasteiger partial charge in [0.25, 0.3) is 0 Å². The molecular weight excluding hydrogens is 628 g/mol. The lowest BCUT2D eigenvalue weighted by Gasteiger charge is -2.69. The number of carbonyl (C=O) groups excluding carboxylic acids is 2. The summed E-state index contributed by atoms with van der Waals surface area (Å²) in [4.78, 5) is 40.9. The SMILES string of the molecule is C/C(=C\[C@@H](O)C[C@H]1CCCC[C@@H]2C(=O)C3=C4[C@@]5(C)[C@@]2(C)[C@@H]1C[C@@]5(O)C=C[C@@]4(O)[C@H](/C=C/c1ccccc1)[C@@H]1C(C)(C)C(=O)CC[C@]31C)C(=O)O. The van der Waals surface area contributed by atoms with Crippen molar-refractivity contribution in [3.8, 4) is 0 Å². The van der Waals surface area contributed by atoms with E-state index in [2.05, 4.69) is 26.8 Å². The van der Waals surface area contributed by atoms with Crippen LogP contribution in [0.1, 0.15) is 98.5 Å². The number of carboxylic acids is 1. The first-order chi connectivity index (χ1) is 23.4. The van der Waals surface area contributed by atoms with Gasteiger partial charge in [0, 0.05) is 45.6 Å². The molecule has 6 aliphatic carbocycles. The van der Waals surface area contributed by atoms with E-state index in [4.69, 9.17) is 0 Å². The van der Waals surface area contributed by atoms with Crippen LogP contribution >= 0.6 is 0 Å². The molecule has 0 amide bonds. The number of aliphatic carboxylic acids is 1. The third-order valence-corrected chi connectivity index (χ3v) is 15.3. The fourth-order valence-electron chi connectivity index (χ4n) is 12.8. The Kier molecular flexibility index (Phi) is 8.07. The van der Waals surface area contributed by atoms with Crippen molar-refractivity contribution < 1.29 is 34.8 Å². The number of rotatable bonds is 6. The second-order valence-corrected chi connectivity index (χ2v) is 17.8. The van der Waals surface area contributed by atoms with E-state index in [9.17, 15) is 30.0 Å². The Bertz CT molecular complexity index is 1750. The molecule has 0 bridgehead atoms. The van der Waals surface area contributed by atoms with Crippen LogP contribution in [-0.2, 0) is 14.4 Å². The predicted octanol–water partition coefficient (Wildman–Crippen LogP) is 6.87. The third-order valence-electron chi connectivity index (χ3n) is 15.3. The first-order valence-electron chi connectivity index (χ1n) is 18.7. The minimum Gasteiger partial charge on any atom is -0.478 e. The average Bonchev–Trinajstić information content (AvgIpc) is 3.23. The van der Waals surface area contributed by atoms with E-state index < -0.39 is 56.8 Å². The van der Waals surface area contributed by atoms with Crippen LogP contribution in [0.3, 0.4) is 0 Å². The van der Waals surface area contributed by atoms with Gasteiger partial charge in [0.15, 0.2) is 5.78 Å². The number of ketones is 2. The van der Waals surface area contributed by atoms with Crippen molar-refractivity contribution in [3.63, 3.8) is 0 Å². The van der Waals surface area contributed by atoms with E-state index in [-0.39, 0.29) is 34.9 Å². The number of aliphatic hydroxyl groups is 3. The van der Waals surface area contributed by atoms with E-state index in [0.717, 1.165) is 24.8 Å². The highest BCUT2D eigenvalue weighted by molar-refractivity contribution is 6.03. The number of carbonyl (C=O) groups is 3. The number of hydrogen-bond acceptors (Lipinski definition) is 6. The number of hydrogen-bond donors (Lipinski definition) is 4. The minimum absolute atomic E-state index is 0.0499. The lowest BCUT2D eigenvalue weighted by Crippen LogP contribution is -2.71. The zero-order chi connectivity index (χ0) is 36.2. The van der Waals surface area contributed by atoms with Gasteiger partial charge >= 0.3 is 5.97 Å². The van der Waals surface area contributed by atoms with Crippen molar-refractivity contribution in [3.05, 3.63) is 76.9 Å². The predicted molar refractivity (Wildman–Crippen MR) is 191 cm³/mol. The van der Waals surface area contributed by atoms with Gasteiger partial charge in [-0.05, 0) is 79.1 Å². The lowest BCUT2D eigenvalue weighted by molar-refractivity contribution is -0.170. The molecule has 0 aliphatic heterocycles. The summed E-state index contributed by atoms with van der Waals surface area (Å²) in [5, 5.41) is 47.2. The highest BCUT2D eigenvalue weighted by atomic mass is 16.4. The Labute approximate surface area is 296 Å². The summed E-state index contributed by atoms with van der Waals surface area (Å²) >= 11 is 0. The summed E-state index contributed by atoms with van der Waals surface area (Å²) in [5.74, 6) is -2.46. The standard InChI is InChI=1S/C43H54O7/c1-25(37(47)48)22-28(44)23-27-14-10-11-15-29-34(46)33-36-41(6)40(29,5)31(27)24-42(41,49)20-21-43(36,50)30(17-16-26-12-8-7-9-13-26)35-38(2,3)32(45)18-19-39(33,35)4/h7-9,12-13,16-17,20-22,27-31,35,44,49-50H,10-11,14-15,18-19,23-24H2,1-6H3,(H,47,48)/b17-16+,25-22+/t27-,28-,29-,30-,31-,35-,39-,40-,41+,42+,43-/m1/s1. The number of Topliss-reactive ketones (excluding diaryl/α,β-unsaturated/α-hetero) is 2. The second kappa shape index (κ2) is 11.4. The maximum atomic E-state index is 15.5. The van der Waals surface area contributed by atoms with E-state index >= 15 is 4.79 Å². The number of allylic oxidation sites excluding steroid dienone is 1. The third kappa shape index (κ3) is 4.48. The normalized spacial score (nSPS) is 44.0. The molecule has 50 heavy (non-hydrogen) atoms. The number of carboxylic acid groups (broad SMARTS) is 1. The summed E-state index contributed by atoms with van der Waals surface area (Å²) < 4.78 is 0. The fourth-order valence-corrected chi connectivity index (χ4v) is 12.8. The molecule has 1 aromatic carbocycles. The summed E-state index contributed by atoms with van der Waals surface area (Å²) in [5.41, 5.74) is -3.98. The Morgan fingerprint density at radius 2 is 1.68 bits per heavy atom. The monoisotopic (exact) mass is 682 g/mol. The first kappa shape index (κ1) is 35.3. The summed E-state index contributed by atoms with van der Waals surface area (Å²) in [6.07, 6.45) is 12.8. The average molecular weight is 683 g/mol. The Morgan fingerprint density at radius 1 is 1.00 bits per heavy atom. The molecule has 1 aromatic rings. The highest BCUT2D eigenvalue weighted by Gasteiger charge is 2.80. The number of fused-ring (bicyclic) bond motifs is 2. The summed E-state index contributed by atoms with van der Waals surface area (Å²) in [6.45, 7) is 11.8. The molecule has 0 spiro atoms. The topological polar surface area (TPSA) is 132 Å². The van der Waals surface area contributed by atoms with Crippen molar-refractivity contribution in [1.82, 2.24) is 0 Å². The maximum Gasteiger partial charge on any atom is 0.331 e. The van der Waals surface area contributed by atoms with Gasteiger partial charge in [-0.2, -0.15) is 0 Å². The lowest BCUT2D eigenvalue weighted by atomic mass is 9.34. The Hall–Kier alpha value is -3.13. The van der Waals surface area contributed by atoms with Crippen molar-refractivity contribution in [2.45, 2.75) is 110 Å². The number of aliphatic hydroxyl groups excluding tert-OH is 1. The van der Waals surface area contributed by atoms with Crippen molar-refractivity contribution >= 4 is 23.6 Å². The van der Waals surface area contributed by atoms with Crippen LogP contribution in [0.25, 0.3) is 6.08 Å². The molecular formula is C43H54O7. The molecule has 3 saturated carbocycles. The van der Waals surface area contributed by atoms with Crippen LogP contribution in [0.15, 0.2) is 71.4 Å². The van der Waals surface area contributed by atoms with Crippen LogP contribution in [0.2, 0.25) is 0 Å². The molecule has 7 rings (SSSR count). The van der Waals surface area contributed by atoms with E-state index in [0.29, 0.717) is 43.3 Å². The zero-order valence-corrected chi connectivity index (χ0v) is 30.4. The first-order valence-corrected chi connectivity index (χ1v) is 18.7. The molecule has 0 saturated heterocycles. The smallest absolute Gasteiger partial charge is 0.331 e. The van der Waals surface area contributed by atoms with Gasteiger partial charge in [0.1, 0.15) is 11.4 Å². The molecule has 7 heteroatoms. The van der Waals surface area contributed by atoms with Gasteiger partial charge < -0.3 is 20.4 Å². The van der Waals surface area contributed by atoms with Crippen LogP contribution in [0.4, 0.5) is 0 Å². The fraction of sp³-hybridized carbons (Fsp3) is 0.605. The van der Waals surface area contributed by atoms with Gasteiger partial charge in [-0.15, -0.1) is 0 Å². The van der Waals surface area contributed by atoms with Crippen LogP contribution < -0.4 is 0 Å². The summed E-state index contributed by atoms with van der Waals surface area (Å²) in [6, 6.07) is 9.91. The van der Waals surface area contributed by atoms with E-state index in [1.54, 1.807) is 6.08 Å². The van der Waals surface area contributed by atoms with Gasteiger partial charge in [-0.25, -0.2) is 4.79 Å². The van der Waals surface area contributed by atoms with E-state index in [1.807, 2.05) is 56.3 Å². The maximum absolute atomic E-state index is 15.5. The molecule has 0 unspecified atom stereocenters. The van der Waals surface area contributed by atoms with Crippen LogP contribution in [0, 0.1) is 51.2 Å². The molecule has 0 radical (unpaired) electrons. The largest absolute Gasteiger partial charge is 0.478 e. The van der Waals surface area contributed by atoms with Crippen molar-refractivity contribution in [1.29, 1.82) is 0 Å². The van der Waals surface area contributed by atoms with Gasteiger partial charge in [-0.1, -0.05) is 102 Å². The molecule has 11 atom stereocenters. The molecule has 6 aliphatic rings. The quantitative estimate of drug-likeness (QED) is 0.190. The molecule has 0 heterocycles. The minimum atomic E-state index is -1.63. The van der Waals surface area contributed by atoms with Gasteiger partial charge in [0.2, 0.25) is 0 Å². The Balaban J connectivity index is 1.47. The van der Waals surface area contributed by atoms with Crippen molar-refractivity contribution in [2.24, 2.45) is 51.2 Å². The Morgan fingerprint density at radius 3 is 2.36 bits per heavy atom. The molecule has 7 nitrogen and oxygen atoms in total. The molecule has 268 valence electrons. The van der Waals surface area contributed by atoms with E-state index in [1.165, 1.54) is 13.0 Å². The molecule has 4 N–H and O–H groups in total. The molecule has 0 aromatic heterocycles. The van der Waals surface area contributed by atoms with Gasteiger partial charge in [-0.3, -0.25) is 9.59 Å². The van der Waals surface area contributed by atoms with Crippen LogP contribution in [-0.4, -0.2) is 55.3 Å². The highest BCUT2D eigenvalue weighted by Crippen LogP contribution is 2.80. The van der Waals surface area contributed by atoms with Crippen molar-refractivity contribution in [2.75, 3.05) is 0 Å². The number of benzene rings is 1. The second-order valence-electron chi connectivity index (χ2n) is 17.8. The molecule has 3 fully saturated rings. The van der Waals surface area contributed by atoms with Gasteiger partial charge in [0.05, 0.1) is 11.7 Å². The summed E-state index contributed by atoms with van der Waals surface area (Å²) in [7, 11) is 0. The van der Waals surface area contributed by atoms with Crippen LogP contribution in [0.5, 0.6) is 0 Å². The zero-order valence-electron chi connectivity index (χ0n) is 30.4.